The Morgan fingerprint density at radius 1 is 0.800 bits per heavy atom. The van der Waals surface area contributed by atoms with E-state index in [4.69, 9.17) is 28.2 Å². The summed E-state index contributed by atoms with van der Waals surface area (Å²) in [6.45, 7) is 0. The van der Waals surface area contributed by atoms with Gasteiger partial charge in [-0.15, -0.1) is 0 Å². The molecule has 3 aromatic carbocycles. The summed E-state index contributed by atoms with van der Waals surface area (Å²) in [5, 5.41) is 3.44. The van der Waals surface area contributed by atoms with Crippen molar-refractivity contribution < 1.29 is 0 Å². The van der Waals surface area contributed by atoms with Gasteiger partial charge in [0.2, 0.25) is 0 Å². The molecule has 4 heteroatoms. The van der Waals surface area contributed by atoms with E-state index in [-0.39, 0.29) is 0 Å². The Balaban J connectivity index is 1.88. The van der Waals surface area contributed by atoms with Crippen LogP contribution in [0.25, 0.3) is 0 Å². The van der Waals surface area contributed by atoms with E-state index in [0.717, 1.165) is 26.9 Å². The predicted molar refractivity (Wildman–Crippen MR) is 111 cm³/mol. The number of para-hydroxylation sites is 1. The zero-order valence-electron chi connectivity index (χ0n) is 13.3. The topological polar surface area (TPSA) is 12.4 Å². The number of nitrogens with zero attached hydrogens (tertiary/aromatic N) is 1. The van der Waals surface area contributed by atoms with Gasteiger partial charge in [0.25, 0.3) is 0 Å². The lowest BCUT2D eigenvalue weighted by Crippen LogP contribution is -1.95. The van der Waals surface area contributed by atoms with Crippen molar-refractivity contribution >= 4 is 46.4 Å². The maximum Gasteiger partial charge on any atom is 0.0714 e. The maximum atomic E-state index is 6.20. The van der Waals surface area contributed by atoms with Crippen LogP contribution < -0.4 is 0 Å². The van der Waals surface area contributed by atoms with Gasteiger partial charge in [0.1, 0.15) is 0 Å². The highest BCUT2D eigenvalue weighted by Gasteiger charge is 2.02. The van der Waals surface area contributed by atoms with Crippen LogP contribution in [0.4, 0.5) is 5.69 Å². The smallest absolute Gasteiger partial charge is 0.0714 e. The summed E-state index contributed by atoms with van der Waals surface area (Å²) in [7, 11) is 0. The molecule has 124 valence electrons. The third-order valence-corrected chi connectivity index (χ3v) is 4.98. The summed E-state index contributed by atoms with van der Waals surface area (Å²) < 4.78 is 0. The second-order valence-corrected chi connectivity index (χ2v) is 6.98. The molecule has 0 amide bonds. The van der Waals surface area contributed by atoms with Gasteiger partial charge in [0.15, 0.2) is 0 Å². The van der Waals surface area contributed by atoms with Crippen molar-refractivity contribution in [1.82, 2.24) is 0 Å². The quantitative estimate of drug-likeness (QED) is 0.329. The number of thioether (sulfide) groups is 1. The Bertz CT molecular complexity index is 887. The van der Waals surface area contributed by atoms with Crippen LogP contribution in [0.5, 0.6) is 0 Å². The summed E-state index contributed by atoms with van der Waals surface area (Å²) in [4.78, 5) is 5.76. The highest BCUT2D eigenvalue weighted by molar-refractivity contribution is 8.02. The van der Waals surface area contributed by atoms with Crippen molar-refractivity contribution in [2.75, 3.05) is 0 Å². The molecule has 3 aromatic rings. The van der Waals surface area contributed by atoms with Crippen LogP contribution in [0, 0.1) is 0 Å². The zero-order valence-corrected chi connectivity index (χ0v) is 15.6. The van der Waals surface area contributed by atoms with Gasteiger partial charge in [-0.25, -0.2) is 4.99 Å². The number of aliphatic imine (C=N–C) groups is 1. The first-order valence-electron chi connectivity index (χ1n) is 7.70. The third-order valence-electron chi connectivity index (χ3n) is 3.40. The number of halogens is 2. The van der Waals surface area contributed by atoms with E-state index in [1.807, 2.05) is 90.3 Å². The van der Waals surface area contributed by atoms with Gasteiger partial charge in [-0.1, -0.05) is 77.4 Å². The van der Waals surface area contributed by atoms with Crippen LogP contribution in [0.15, 0.2) is 100 Å². The summed E-state index contributed by atoms with van der Waals surface area (Å²) in [5.74, 6) is 0. The number of rotatable bonds is 5. The lowest BCUT2D eigenvalue weighted by molar-refractivity contribution is 1.47. The average Bonchev–Trinajstić information content (AvgIpc) is 2.64. The van der Waals surface area contributed by atoms with Crippen molar-refractivity contribution in [3.63, 3.8) is 0 Å². The van der Waals surface area contributed by atoms with Crippen molar-refractivity contribution in [1.29, 1.82) is 0 Å². The van der Waals surface area contributed by atoms with Gasteiger partial charge in [-0.3, -0.25) is 0 Å². The SMILES string of the molecule is Clc1ccc(C(/C=C/Sc2ccccc2Cl)=Nc2ccccc2)cc1. The Morgan fingerprint density at radius 2 is 1.48 bits per heavy atom. The van der Waals surface area contributed by atoms with Crippen molar-refractivity contribution in [3.8, 4) is 0 Å². The largest absolute Gasteiger partial charge is 0.248 e. The van der Waals surface area contributed by atoms with Crippen LogP contribution >= 0.6 is 35.0 Å². The van der Waals surface area contributed by atoms with Crippen LogP contribution in [-0.2, 0) is 0 Å². The van der Waals surface area contributed by atoms with E-state index in [9.17, 15) is 0 Å². The normalized spacial score (nSPS) is 11.8. The molecule has 0 atom stereocenters. The molecule has 0 aliphatic rings. The molecule has 0 saturated carbocycles. The first-order valence-corrected chi connectivity index (χ1v) is 9.33. The lowest BCUT2D eigenvalue weighted by Gasteiger charge is -2.04. The third kappa shape index (κ3) is 5.23. The van der Waals surface area contributed by atoms with Crippen LogP contribution in [-0.4, -0.2) is 5.71 Å². The molecule has 0 N–H and O–H groups in total. The van der Waals surface area contributed by atoms with Gasteiger partial charge >= 0.3 is 0 Å². The molecule has 3 rings (SSSR count). The molecule has 0 saturated heterocycles. The second kappa shape index (κ2) is 8.91. The minimum atomic E-state index is 0.706. The molecule has 1 nitrogen and oxygen atoms in total. The average molecular weight is 384 g/mol. The highest BCUT2D eigenvalue weighted by Crippen LogP contribution is 2.27. The molecule has 0 bridgehead atoms. The monoisotopic (exact) mass is 383 g/mol. The fourth-order valence-corrected chi connectivity index (χ4v) is 3.25. The Kier molecular flexibility index (Phi) is 6.35. The fraction of sp³-hybridized carbons (Fsp3) is 0. The molecule has 0 radical (unpaired) electrons. The summed E-state index contributed by atoms with van der Waals surface area (Å²) >= 11 is 13.8. The molecule has 0 spiro atoms. The first kappa shape index (κ1) is 17.8. The van der Waals surface area contributed by atoms with Gasteiger partial charge in [-0.2, -0.15) is 0 Å². The number of hydrogen-bond acceptors (Lipinski definition) is 2. The Labute approximate surface area is 162 Å². The van der Waals surface area contributed by atoms with E-state index < -0.39 is 0 Å². The molecule has 25 heavy (non-hydrogen) atoms. The molecule has 0 heterocycles. The molecule has 0 aromatic heterocycles. The number of allylic oxidation sites excluding steroid dienone is 1. The van der Waals surface area contributed by atoms with Crippen LogP contribution in [0.3, 0.4) is 0 Å². The standard InChI is InChI=1S/C21H15Cl2NS/c22-17-12-10-16(11-13-17)20(24-18-6-2-1-3-7-18)14-15-25-21-9-5-4-8-19(21)23/h1-15H/b15-14+,24-20?. The fourth-order valence-electron chi connectivity index (χ4n) is 2.17. The molecule has 0 fully saturated rings. The van der Waals surface area contributed by atoms with Gasteiger partial charge in [0.05, 0.1) is 16.4 Å². The lowest BCUT2D eigenvalue weighted by atomic mass is 10.1. The van der Waals surface area contributed by atoms with Crippen molar-refractivity contribution in [2.24, 2.45) is 4.99 Å². The second-order valence-electron chi connectivity index (χ2n) is 5.19. The van der Waals surface area contributed by atoms with E-state index in [1.54, 1.807) is 11.8 Å². The summed E-state index contributed by atoms with van der Waals surface area (Å²) in [6, 6.07) is 25.3. The van der Waals surface area contributed by atoms with Crippen LogP contribution in [0.1, 0.15) is 5.56 Å². The van der Waals surface area contributed by atoms with Gasteiger partial charge < -0.3 is 0 Å². The van der Waals surface area contributed by atoms with Gasteiger partial charge in [-0.05, 0) is 47.9 Å². The summed E-state index contributed by atoms with van der Waals surface area (Å²) in [6.07, 6.45) is 1.99. The predicted octanol–water partition coefficient (Wildman–Crippen LogP) is 7.42. The van der Waals surface area contributed by atoms with Crippen molar-refractivity contribution in [2.45, 2.75) is 4.90 Å². The Hall–Kier alpha value is -2.00. The van der Waals surface area contributed by atoms with E-state index in [0.29, 0.717) is 5.02 Å². The molecular formula is C21H15Cl2NS. The number of hydrogen-bond donors (Lipinski definition) is 0. The molecule has 0 unspecified atom stereocenters. The molecule has 0 aliphatic heterocycles. The minimum absolute atomic E-state index is 0.706. The highest BCUT2D eigenvalue weighted by atomic mass is 35.5. The first-order chi connectivity index (χ1) is 12.2. The molecule has 0 aliphatic carbocycles. The molecular weight excluding hydrogens is 369 g/mol. The maximum absolute atomic E-state index is 6.20. The van der Waals surface area contributed by atoms with Gasteiger partial charge in [0, 0.05) is 15.5 Å². The van der Waals surface area contributed by atoms with E-state index in [1.165, 1.54) is 0 Å². The van der Waals surface area contributed by atoms with E-state index >= 15 is 0 Å². The minimum Gasteiger partial charge on any atom is -0.248 e. The van der Waals surface area contributed by atoms with Crippen LogP contribution in [0.2, 0.25) is 10.0 Å². The summed E-state index contributed by atoms with van der Waals surface area (Å²) in [5.41, 5.74) is 2.77. The Morgan fingerprint density at radius 3 is 2.20 bits per heavy atom. The van der Waals surface area contributed by atoms with E-state index in [2.05, 4.69) is 0 Å². The number of benzene rings is 3. The zero-order chi connectivity index (χ0) is 17.5. The van der Waals surface area contributed by atoms with Crippen molar-refractivity contribution in [3.05, 3.63) is 106 Å².